The highest BCUT2D eigenvalue weighted by Crippen LogP contribution is 2.10. The van der Waals surface area contributed by atoms with Gasteiger partial charge >= 0.3 is 6.09 Å². The van der Waals surface area contributed by atoms with Crippen molar-refractivity contribution < 1.29 is 9.53 Å². The van der Waals surface area contributed by atoms with Crippen LogP contribution < -0.4 is 11.1 Å². The van der Waals surface area contributed by atoms with Crippen molar-refractivity contribution in [2.24, 2.45) is 0 Å². The molecule has 0 radical (unpaired) electrons. The highest BCUT2D eigenvalue weighted by molar-refractivity contribution is 5.68. The van der Waals surface area contributed by atoms with Gasteiger partial charge in [-0.3, -0.25) is 4.98 Å². The molecule has 0 aliphatic rings. The van der Waals surface area contributed by atoms with E-state index in [0.29, 0.717) is 12.2 Å². The maximum absolute atomic E-state index is 11.3. The van der Waals surface area contributed by atoms with Gasteiger partial charge in [0.05, 0.1) is 0 Å². The minimum atomic E-state index is -0.485. The number of nitrogens with one attached hydrogen (secondary N) is 1. The van der Waals surface area contributed by atoms with E-state index in [0.717, 1.165) is 5.56 Å². The van der Waals surface area contributed by atoms with Crippen LogP contribution in [0.2, 0.25) is 0 Å². The molecule has 0 atom stereocenters. The topological polar surface area (TPSA) is 77.2 Å². The first-order valence-corrected chi connectivity index (χ1v) is 5.71. The van der Waals surface area contributed by atoms with E-state index >= 15 is 0 Å². The molecule has 0 spiro atoms. The van der Waals surface area contributed by atoms with E-state index in [1.807, 2.05) is 20.8 Å². The third kappa shape index (κ3) is 5.34. The molecule has 0 bridgehead atoms. The van der Waals surface area contributed by atoms with Crippen LogP contribution in [0.15, 0.2) is 24.5 Å². The van der Waals surface area contributed by atoms with Gasteiger partial charge in [-0.1, -0.05) is 12.2 Å². The summed E-state index contributed by atoms with van der Waals surface area (Å²) in [6, 6.07) is 1.72. The zero-order valence-electron chi connectivity index (χ0n) is 10.9. The van der Waals surface area contributed by atoms with Crippen molar-refractivity contribution in [2.75, 3.05) is 12.3 Å². The summed E-state index contributed by atoms with van der Waals surface area (Å²) in [5, 5.41) is 2.62. The van der Waals surface area contributed by atoms with Crippen molar-refractivity contribution in [3.8, 4) is 0 Å². The number of amides is 1. The fourth-order valence-corrected chi connectivity index (χ4v) is 1.20. The Morgan fingerprint density at radius 3 is 2.89 bits per heavy atom. The Kier molecular flexibility index (Phi) is 4.71. The molecule has 5 nitrogen and oxygen atoms in total. The predicted octanol–water partition coefficient (Wildman–Crippen LogP) is 2.20. The molecule has 98 valence electrons. The maximum Gasteiger partial charge on any atom is 0.407 e. The fourth-order valence-electron chi connectivity index (χ4n) is 1.20. The molecular formula is C13H19N3O2. The number of hydrogen-bond donors (Lipinski definition) is 2. The zero-order valence-corrected chi connectivity index (χ0v) is 10.9. The molecule has 5 heteroatoms. The Balaban J connectivity index is 2.38. The van der Waals surface area contributed by atoms with Crippen LogP contribution in [0.25, 0.3) is 6.08 Å². The number of nitrogen functional groups attached to an aromatic ring is 1. The minimum Gasteiger partial charge on any atom is -0.444 e. The number of pyridine rings is 1. The lowest BCUT2D eigenvalue weighted by molar-refractivity contribution is 0.0534. The number of carbonyl (C=O) groups excluding carboxylic acids is 1. The number of nitrogens with two attached hydrogens (primary N) is 1. The number of ether oxygens (including phenoxy) is 1. The molecule has 0 saturated carbocycles. The summed E-state index contributed by atoms with van der Waals surface area (Å²) in [6.07, 6.45) is 6.45. The van der Waals surface area contributed by atoms with Gasteiger partial charge in [0.2, 0.25) is 0 Å². The normalized spacial score (nSPS) is 11.5. The Morgan fingerprint density at radius 1 is 1.56 bits per heavy atom. The van der Waals surface area contributed by atoms with E-state index in [1.54, 1.807) is 30.6 Å². The summed E-state index contributed by atoms with van der Waals surface area (Å²) in [5.74, 6) is 0. The van der Waals surface area contributed by atoms with Crippen LogP contribution in [0.5, 0.6) is 0 Å². The molecule has 1 rings (SSSR count). The Hall–Kier alpha value is -2.04. The molecule has 1 aromatic rings. The molecule has 1 aromatic heterocycles. The monoisotopic (exact) mass is 249 g/mol. The average Bonchev–Trinajstić information content (AvgIpc) is 2.24. The number of nitrogens with zero attached hydrogens (tertiary/aromatic N) is 1. The van der Waals surface area contributed by atoms with Crippen LogP contribution >= 0.6 is 0 Å². The zero-order chi connectivity index (χ0) is 13.6. The quantitative estimate of drug-likeness (QED) is 0.861. The summed E-state index contributed by atoms with van der Waals surface area (Å²) in [4.78, 5) is 15.3. The lowest BCUT2D eigenvalue weighted by Crippen LogP contribution is -2.32. The van der Waals surface area contributed by atoms with Gasteiger partial charge in [0.1, 0.15) is 5.60 Å². The van der Waals surface area contributed by atoms with Gasteiger partial charge in [-0.2, -0.15) is 0 Å². The predicted molar refractivity (Wildman–Crippen MR) is 71.9 cm³/mol. The number of carbonyl (C=O) groups is 1. The van der Waals surface area contributed by atoms with Gasteiger partial charge in [-0.15, -0.1) is 0 Å². The number of alkyl carbamates (subject to hydrolysis) is 1. The molecule has 0 aromatic carbocycles. The van der Waals surface area contributed by atoms with Crippen LogP contribution in [-0.2, 0) is 4.74 Å². The largest absolute Gasteiger partial charge is 0.444 e. The molecule has 1 heterocycles. The number of hydrogen-bond acceptors (Lipinski definition) is 4. The van der Waals surface area contributed by atoms with Gasteiger partial charge in [0.15, 0.2) is 0 Å². The van der Waals surface area contributed by atoms with Crippen LogP contribution in [-0.4, -0.2) is 23.2 Å². The fraction of sp³-hybridized carbons (Fsp3) is 0.385. The van der Waals surface area contributed by atoms with E-state index in [9.17, 15) is 4.79 Å². The minimum absolute atomic E-state index is 0.378. The highest BCUT2D eigenvalue weighted by atomic mass is 16.6. The van der Waals surface area contributed by atoms with Gasteiger partial charge in [0, 0.05) is 30.2 Å². The Morgan fingerprint density at radius 2 is 2.28 bits per heavy atom. The van der Waals surface area contributed by atoms with E-state index in [2.05, 4.69) is 10.3 Å². The standard InChI is InChI=1S/C13H19N3O2/c1-13(2,3)18-12(17)16-7-4-5-10-9-15-8-6-11(10)14/h4-6,8-9H,7H2,1-3H3,(H2,14,15)(H,16,17). The van der Waals surface area contributed by atoms with Crippen molar-refractivity contribution in [1.82, 2.24) is 10.3 Å². The second-order valence-corrected chi connectivity index (χ2v) is 4.79. The highest BCUT2D eigenvalue weighted by Gasteiger charge is 2.14. The summed E-state index contributed by atoms with van der Waals surface area (Å²) in [5.41, 5.74) is 6.73. The number of rotatable bonds is 3. The molecule has 3 N–H and O–H groups in total. The van der Waals surface area contributed by atoms with Crippen molar-refractivity contribution in [3.05, 3.63) is 30.1 Å². The van der Waals surface area contributed by atoms with Crippen LogP contribution in [0.3, 0.4) is 0 Å². The number of aromatic nitrogens is 1. The summed E-state index contributed by atoms with van der Waals surface area (Å²) in [6.45, 7) is 5.83. The summed E-state index contributed by atoms with van der Waals surface area (Å²) < 4.78 is 5.09. The molecule has 0 aliphatic carbocycles. The average molecular weight is 249 g/mol. The van der Waals surface area contributed by atoms with E-state index in [1.165, 1.54) is 0 Å². The molecule has 1 amide bonds. The molecule has 0 aliphatic heterocycles. The van der Waals surface area contributed by atoms with Gasteiger partial charge in [-0.05, 0) is 26.8 Å². The van der Waals surface area contributed by atoms with Crippen molar-refractivity contribution in [3.63, 3.8) is 0 Å². The Labute approximate surface area is 107 Å². The second-order valence-electron chi connectivity index (χ2n) is 4.79. The number of anilines is 1. The SMILES string of the molecule is CC(C)(C)OC(=O)NCC=Cc1cnccc1N. The second kappa shape index (κ2) is 6.05. The van der Waals surface area contributed by atoms with E-state index < -0.39 is 11.7 Å². The van der Waals surface area contributed by atoms with Crippen molar-refractivity contribution in [2.45, 2.75) is 26.4 Å². The van der Waals surface area contributed by atoms with E-state index in [4.69, 9.17) is 10.5 Å². The van der Waals surface area contributed by atoms with Crippen molar-refractivity contribution >= 4 is 17.9 Å². The van der Waals surface area contributed by atoms with Crippen LogP contribution in [0.1, 0.15) is 26.3 Å². The molecule has 0 saturated heterocycles. The van der Waals surface area contributed by atoms with Gasteiger partial charge < -0.3 is 15.8 Å². The first-order valence-electron chi connectivity index (χ1n) is 5.71. The molecule has 18 heavy (non-hydrogen) atoms. The first-order chi connectivity index (χ1) is 8.38. The van der Waals surface area contributed by atoms with Crippen LogP contribution in [0.4, 0.5) is 10.5 Å². The Bertz CT molecular complexity index is 436. The van der Waals surface area contributed by atoms with Gasteiger partial charge in [0.25, 0.3) is 0 Å². The van der Waals surface area contributed by atoms with E-state index in [-0.39, 0.29) is 0 Å². The third-order valence-corrected chi connectivity index (χ3v) is 1.95. The third-order valence-electron chi connectivity index (χ3n) is 1.95. The maximum atomic E-state index is 11.3. The molecular weight excluding hydrogens is 230 g/mol. The van der Waals surface area contributed by atoms with Crippen LogP contribution in [0, 0.1) is 0 Å². The lowest BCUT2D eigenvalue weighted by atomic mass is 10.2. The summed E-state index contributed by atoms with van der Waals surface area (Å²) in [7, 11) is 0. The summed E-state index contributed by atoms with van der Waals surface area (Å²) >= 11 is 0. The lowest BCUT2D eigenvalue weighted by Gasteiger charge is -2.19. The smallest absolute Gasteiger partial charge is 0.407 e. The molecule has 0 fully saturated rings. The van der Waals surface area contributed by atoms with Gasteiger partial charge in [-0.25, -0.2) is 4.79 Å². The first kappa shape index (κ1) is 14.0. The molecule has 0 unspecified atom stereocenters. The van der Waals surface area contributed by atoms with Crippen molar-refractivity contribution in [1.29, 1.82) is 0 Å².